The minimum absolute atomic E-state index is 0.102. The van der Waals surface area contributed by atoms with Gasteiger partial charge in [0.15, 0.2) is 0 Å². The van der Waals surface area contributed by atoms with Gasteiger partial charge in [-0.2, -0.15) is 0 Å². The van der Waals surface area contributed by atoms with Crippen LogP contribution in [0.1, 0.15) is 16.8 Å². The van der Waals surface area contributed by atoms with Gasteiger partial charge in [0.2, 0.25) is 0 Å². The van der Waals surface area contributed by atoms with Gasteiger partial charge in [0.05, 0.1) is 4.92 Å². The van der Waals surface area contributed by atoms with Crippen LogP contribution >= 0.6 is 11.8 Å². The molecule has 2 aromatic carbocycles. The predicted molar refractivity (Wildman–Crippen MR) is 101 cm³/mol. The molecule has 0 atom stereocenters. The number of amides is 1. The highest BCUT2D eigenvalue weighted by atomic mass is 32.2. The average Bonchev–Trinajstić information content (AvgIpc) is 2.62. The highest BCUT2D eigenvalue weighted by Crippen LogP contribution is 2.27. The van der Waals surface area contributed by atoms with Crippen LogP contribution in [0.5, 0.6) is 0 Å². The molecule has 1 N–H and O–H groups in total. The second-order valence-corrected chi connectivity index (χ2v) is 6.94. The highest BCUT2D eigenvalue weighted by molar-refractivity contribution is 7.99. The molecule has 26 heavy (non-hydrogen) atoms. The van der Waals surface area contributed by atoms with Crippen molar-refractivity contribution >= 4 is 29.0 Å². The predicted octanol–water partition coefficient (Wildman–Crippen LogP) is 3.71. The number of carbonyl (C=O) groups is 1. The first kappa shape index (κ1) is 19.7. The number of benzene rings is 2. The van der Waals surface area contributed by atoms with Crippen LogP contribution in [-0.4, -0.2) is 37.2 Å². The Labute approximate surface area is 155 Å². The molecule has 0 aliphatic carbocycles. The molecule has 2 aromatic rings. The molecular formula is C18H20FN3O3S. The fraction of sp³-hybridized carbons (Fsp3) is 0.278. The summed E-state index contributed by atoms with van der Waals surface area (Å²) < 4.78 is 12.8. The van der Waals surface area contributed by atoms with Crippen LogP contribution in [0.15, 0.2) is 47.4 Å². The lowest BCUT2D eigenvalue weighted by Gasteiger charge is -2.13. The monoisotopic (exact) mass is 377 g/mol. The van der Waals surface area contributed by atoms with Gasteiger partial charge in [-0.05, 0) is 48.6 Å². The number of hydrogen-bond acceptors (Lipinski definition) is 5. The van der Waals surface area contributed by atoms with E-state index < -0.39 is 4.92 Å². The summed E-state index contributed by atoms with van der Waals surface area (Å²) in [6, 6.07) is 10.7. The molecule has 8 heteroatoms. The Hall–Kier alpha value is -2.61. The first-order valence-corrected chi connectivity index (χ1v) is 8.99. The fourth-order valence-corrected chi connectivity index (χ4v) is 3.14. The second-order valence-electron chi connectivity index (χ2n) is 5.77. The molecule has 2 rings (SSSR count). The molecular weight excluding hydrogens is 357 g/mol. The van der Waals surface area contributed by atoms with E-state index in [0.29, 0.717) is 12.2 Å². The maximum atomic E-state index is 12.8. The summed E-state index contributed by atoms with van der Waals surface area (Å²) in [4.78, 5) is 25.5. The first-order valence-electron chi connectivity index (χ1n) is 8.01. The van der Waals surface area contributed by atoms with Crippen molar-refractivity contribution in [2.24, 2.45) is 0 Å². The van der Waals surface area contributed by atoms with Gasteiger partial charge in [0, 0.05) is 37.2 Å². The van der Waals surface area contributed by atoms with Crippen molar-refractivity contribution in [1.29, 1.82) is 0 Å². The molecule has 0 heterocycles. The Balaban J connectivity index is 1.85. The molecule has 138 valence electrons. The Kier molecular flexibility index (Phi) is 6.97. The zero-order chi connectivity index (χ0) is 19.1. The number of halogens is 1. The van der Waals surface area contributed by atoms with Crippen LogP contribution < -0.4 is 10.2 Å². The summed E-state index contributed by atoms with van der Waals surface area (Å²) >= 11 is 1.58. The molecule has 0 aliphatic heterocycles. The standard InChI is InChI=1S/C18H20FN3O3S/c1-21(2)16-9-4-13(12-17(16)22(24)25)18(23)20-10-3-11-26-15-7-5-14(19)6-8-15/h4-9,12H,3,10-11H2,1-2H3,(H,20,23). The topological polar surface area (TPSA) is 75.5 Å². The van der Waals surface area contributed by atoms with Crippen molar-refractivity contribution in [3.8, 4) is 0 Å². The van der Waals surface area contributed by atoms with Crippen molar-refractivity contribution in [2.45, 2.75) is 11.3 Å². The van der Waals surface area contributed by atoms with Gasteiger partial charge >= 0.3 is 0 Å². The lowest BCUT2D eigenvalue weighted by Crippen LogP contribution is -2.25. The number of hydrogen-bond donors (Lipinski definition) is 1. The third-order valence-corrected chi connectivity index (χ3v) is 4.70. The molecule has 0 bridgehead atoms. The van der Waals surface area contributed by atoms with E-state index in [0.717, 1.165) is 17.1 Å². The van der Waals surface area contributed by atoms with E-state index in [1.54, 1.807) is 55.0 Å². The zero-order valence-corrected chi connectivity index (χ0v) is 15.4. The first-order chi connectivity index (χ1) is 12.4. The summed E-state index contributed by atoms with van der Waals surface area (Å²) in [5.41, 5.74) is 0.602. The van der Waals surface area contributed by atoms with Crippen molar-refractivity contribution in [3.05, 3.63) is 64.0 Å². The number of nitro benzene ring substituents is 1. The normalized spacial score (nSPS) is 10.4. The van der Waals surface area contributed by atoms with Crippen LogP contribution in [0.2, 0.25) is 0 Å². The lowest BCUT2D eigenvalue weighted by molar-refractivity contribution is -0.384. The minimum atomic E-state index is -0.495. The second kappa shape index (κ2) is 9.19. The van der Waals surface area contributed by atoms with Crippen molar-refractivity contribution in [3.63, 3.8) is 0 Å². The Morgan fingerprint density at radius 1 is 1.23 bits per heavy atom. The Morgan fingerprint density at radius 3 is 2.54 bits per heavy atom. The molecule has 0 saturated heterocycles. The molecule has 0 aliphatic rings. The summed E-state index contributed by atoms with van der Waals surface area (Å²) in [5, 5.41) is 13.9. The van der Waals surface area contributed by atoms with Gasteiger partial charge in [-0.15, -0.1) is 11.8 Å². The van der Waals surface area contributed by atoms with E-state index in [1.807, 2.05) is 0 Å². The van der Waals surface area contributed by atoms with E-state index >= 15 is 0 Å². The SMILES string of the molecule is CN(C)c1ccc(C(=O)NCCCSc2ccc(F)cc2)cc1[N+](=O)[O-]. The van der Waals surface area contributed by atoms with Gasteiger partial charge in [-0.1, -0.05) is 0 Å². The van der Waals surface area contributed by atoms with E-state index in [2.05, 4.69) is 5.32 Å². The van der Waals surface area contributed by atoms with E-state index in [-0.39, 0.29) is 23.0 Å². The van der Waals surface area contributed by atoms with Crippen LogP contribution in [0, 0.1) is 15.9 Å². The third-order valence-electron chi connectivity index (χ3n) is 3.61. The molecule has 1 amide bonds. The smallest absolute Gasteiger partial charge is 0.293 e. The van der Waals surface area contributed by atoms with Gasteiger partial charge in [-0.25, -0.2) is 4.39 Å². The summed E-state index contributed by atoms with van der Waals surface area (Å²) in [6.45, 7) is 0.455. The fourth-order valence-electron chi connectivity index (χ4n) is 2.29. The van der Waals surface area contributed by atoms with Crippen molar-refractivity contribution in [1.82, 2.24) is 5.32 Å². The van der Waals surface area contributed by atoms with Crippen molar-refractivity contribution in [2.75, 3.05) is 31.3 Å². The van der Waals surface area contributed by atoms with Crippen LogP contribution in [0.3, 0.4) is 0 Å². The molecule has 0 spiro atoms. The number of rotatable bonds is 8. The molecule has 0 unspecified atom stereocenters. The third kappa shape index (κ3) is 5.45. The molecule has 0 fully saturated rings. The maximum absolute atomic E-state index is 12.8. The number of carbonyl (C=O) groups excluding carboxylic acids is 1. The molecule has 0 aromatic heterocycles. The summed E-state index contributed by atoms with van der Waals surface area (Å²) in [7, 11) is 3.42. The average molecular weight is 377 g/mol. The largest absolute Gasteiger partial charge is 0.372 e. The number of nitro groups is 1. The quantitative estimate of drug-likeness (QED) is 0.328. The van der Waals surface area contributed by atoms with Gasteiger partial charge in [0.1, 0.15) is 11.5 Å². The Morgan fingerprint density at radius 2 is 1.92 bits per heavy atom. The number of anilines is 1. The van der Waals surface area contributed by atoms with Crippen LogP contribution in [-0.2, 0) is 0 Å². The zero-order valence-electron chi connectivity index (χ0n) is 14.6. The van der Waals surface area contributed by atoms with Gasteiger partial charge in [-0.3, -0.25) is 14.9 Å². The molecule has 6 nitrogen and oxygen atoms in total. The Bertz CT molecular complexity index is 782. The highest BCUT2D eigenvalue weighted by Gasteiger charge is 2.18. The van der Waals surface area contributed by atoms with Crippen LogP contribution in [0.4, 0.5) is 15.8 Å². The number of nitrogens with one attached hydrogen (secondary N) is 1. The molecule has 0 radical (unpaired) electrons. The molecule has 0 saturated carbocycles. The van der Waals surface area contributed by atoms with E-state index in [9.17, 15) is 19.3 Å². The van der Waals surface area contributed by atoms with Crippen molar-refractivity contribution < 1.29 is 14.1 Å². The van der Waals surface area contributed by atoms with Gasteiger partial charge < -0.3 is 10.2 Å². The number of nitrogens with zero attached hydrogens (tertiary/aromatic N) is 2. The van der Waals surface area contributed by atoms with E-state index in [4.69, 9.17) is 0 Å². The van der Waals surface area contributed by atoms with E-state index in [1.165, 1.54) is 18.2 Å². The summed E-state index contributed by atoms with van der Waals surface area (Å²) in [6.07, 6.45) is 0.728. The minimum Gasteiger partial charge on any atom is -0.372 e. The van der Waals surface area contributed by atoms with Gasteiger partial charge in [0.25, 0.3) is 11.6 Å². The number of thioether (sulfide) groups is 1. The lowest BCUT2D eigenvalue weighted by atomic mass is 10.1. The maximum Gasteiger partial charge on any atom is 0.293 e. The summed E-state index contributed by atoms with van der Waals surface area (Å²) in [5.74, 6) is 0.159. The van der Waals surface area contributed by atoms with Crippen LogP contribution in [0.25, 0.3) is 0 Å².